The van der Waals surface area contributed by atoms with E-state index in [9.17, 15) is 20.0 Å². The maximum absolute atomic E-state index is 12.7. The molecule has 8 heteroatoms. The van der Waals surface area contributed by atoms with Gasteiger partial charge in [-0.15, -0.1) is 0 Å². The average molecular weight is 365 g/mol. The van der Waals surface area contributed by atoms with Crippen molar-refractivity contribution in [2.75, 3.05) is 5.32 Å². The molecule has 0 aliphatic carbocycles. The number of hydrogen-bond donors (Lipinski definition) is 2. The van der Waals surface area contributed by atoms with E-state index in [1.165, 1.54) is 10.9 Å². The van der Waals surface area contributed by atoms with Crippen molar-refractivity contribution in [3.05, 3.63) is 78.6 Å². The van der Waals surface area contributed by atoms with E-state index >= 15 is 0 Å². The van der Waals surface area contributed by atoms with E-state index < -0.39 is 10.7 Å². The van der Waals surface area contributed by atoms with Crippen LogP contribution in [0.5, 0.6) is 5.75 Å². The van der Waals surface area contributed by atoms with E-state index in [0.717, 1.165) is 29.3 Å². The largest absolute Gasteiger partial charge is 0.871 e. The molecule has 0 fully saturated rings. The summed E-state index contributed by atoms with van der Waals surface area (Å²) in [5.74, 6) is -0.424. The van der Waals surface area contributed by atoms with Gasteiger partial charge in [0, 0.05) is 24.0 Å². The van der Waals surface area contributed by atoms with E-state index in [1.807, 2.05) is 32.0 Å². The molecule has 3 aromatic rings. The van der Waals surface area contributed by atoms with Crippen LogP contribution in [-0.2, 0) is 0 Å². The fourth-order valence-electron chi connectivity index (χ4n) is 2.59. The highest BCUT2D eigenvalue weighted by molar-refractivity contribution is 5.65. The summed E-state index contributed by atoms with van der Waals surface area (Å²) in [7, 11) is 0. The number of nitrogens with one attached hydrogen (secondary N) is 2. The monoisotopic (exact) mass is 365 g/mol. The molecule has 27 heavy (non-hydrogen) atoms. The minimum absolute atomic E-state index is 0.00179. The Kier molecular flexibility index (Phi) is 4.55. The van der Waals surface area contributed by atoms with Crippen molar-refractivity contribution in [1.29, 1.82) is 0 Å². The summed E-state index contributed by atoms with van der Waals surface area (Å²) in [4.78, 5) is 23.0. The van der Waals surface area contributed by atoms with E-state index in [-0.39, 0.29) is 22.2 Å². The molecule has 1 heterocycles. The Labute approximate surface area is 153 Å². The van der Waals surface area contributed by atoms with Gasteiger partial charge < -0.3 is 10.4 Å². The van der Waals surface area contributed by atoms with E-state index in [1.54, 1.807) is 0 Å². The zero-order valence-electron chi connectivity index (χ0n) is 14.8. The van der Waals surface area contributed by atoms with Crippen LogP contribution < -0.4 is 26.6 Å². The number of nitrogens with zero attached hydrogens (tertiary/aromatic N) is 2. The minimum atomic E-state index is -0.597. The number of nitro benzene ring substituents is 1. The number of hydrogen-bond acceptors (Lipinski definition) is 5. The molecule has 8 nitrogen and oxygen atoms in total. The second-order valence-corrected chi connectivity index (χ2v) is 6.14. The summed E-state index contributed by atoms with van der Waals surface area (Å²) in [6.07, 6.45) is 1.32. The van der Waals surface area contributed by atoms with Gasteiger partial charge in [0.1, 0.15) is 0 Å². The predicted molar refractivity (Wildman–Crippen MR) is 101 cm³/mol. The van der Waals surface area contributed by atoms with Gasteiger partial charge in [0.2, 0.25) is 0 Å². The molecule has 3 rings (SSSR count). The molecular weight excluding hydrogens is 348 g/mol. The number of aromatic nitrogens is 2. The van der Waals surface area contributed by atoms with Gasteiger partial charge >= 0.3 is 0 Å². The first kappa shape index (κ1) is 18.0. The van der Waals surface area contributed by atoms with Crippen LogP contribution in [0.15, 0.2) is 41.2 Å². The Hall–Kier alpha value is -3.81. The van der Waals surface area contributed by atoms with Crippen molar-refractivity contribution in [2.24, 2.45) is 0 Å². The topological polar surface area (TPSA) is 116 Å². The number of non-ortho nitro benzene ring substituents is 1. The van der Waals surface area contributed by atoms with Crippen LogP contribution in [0.2, 0.25) is 0 Å². The second-order valence-electron chi connectivity index (χ2n) is 6.14. The summed E-state index contributed by atoms with van der Waals surface area (Å²) >= 11 is 0. The van der Waals surface area contributed by atoms with Gasteiger partial charge in [0.05, 0.1) is 21.2 Å². The molecule has 0 atom stereocenters. The lowest BCUT2D eigenvalue weighted by Crippen LogP contribution is -2.34. The standard InChI is InChI=1S/C19H18N4O4/c1-11-4-5-14(8-12(11)2)22-19(25)16(13(3)21-22)10-20-17-9-15(23(26)27)6-7-18(17)24/h4-10,20-21,24H,3H2,1-2H3/p-1/b16-10+. The van der Waals surface area contributed by atoms with Gasteiger partial charge in [-0.3, -0.25) is 20.0 Å². The van der Waals surface area contributed by atoms with Crippen LogP contribution in [0, 0.1) is 24.0 Å². The summed E-state index contributed by atoms with van der Waals surface area (Å²) in [6, 6.07) is 8.95. The molecule has 0 amide bonds. The van der Waals surface area contributed by atoms with E-state index in [0.29, 0.717) is 11.0 Å². The number of nitro groups is 1. The quantitative estimate of drug-likeness (QED) is 0.529. The molecule has 2 N–H and O–H groups in total. The highest BCUT2D eigenvalue weighted by atomic mass is 16.6. The third-order valence-corrected chi connectivity index (χ3v) is 4.30. The molecule has 0 unspecified atom stereocenters. The van der Waals surface area contributed by atoms with Crippen molar-refractivity contribution >= 4 is 24.2 Å². The van der Waals surface area contributed by atoms with Gasteiger partial charge in [0.25, 0.3) is 11.2 Å². The Balaban J connectivity index is 2.04. The fraction of sp³-hybridized carbons (Fsp3) is 0.105. The number of benzene rings is 2. The molecule has 0 bridgehead atoms. The first-order valence-electron chi connectivity index (χ1n) is 8.07. The minimum Gasteiger partial charge on any atom is -0.871 e. The van der Waals surface area contributed by atoms with Crippen LogP contribution in [-0.4, -0.2) is 14.7 Å². The van der Waals surface area contributed by atoms with Crippen molar-refractivity contribution in [2.45, 2.75) is 13.8 Å². The molecule has 0 saturated heterocycles. The third-order valence-electron chi connectivity index (χ3n) is 4.30. The van der Waals surface area contributed by atoms with Gasteiger partial charge in [-0.2, -0.15) is 0 Å². The van der Waals surface area contributed by atoms with Gasteiger partial charge in [-0.25, -0.2) is 4.68 Å². The highest BCUT2D eigenvalue weighted by Gasteiger charge is 2.08. The second kappa shape index (κ2) is 6.83. The SMILES string of the molecule is C=c1[nH]n(-c2ccc(C)c(C)c2)c(=O)/c1=C/Nc1cc([N+](=O)[O-])ccc1[O-]. The Bertz CT molecular complexity index is 1210. The number of aromatic amines is 1. The van der Waals surface area contributed by atoms with Crippen molar-refractivity contribution < 1.29 is 10.0 Å². The van der Waals surface area contributed by atoms with Gasteiger partial charge in [-0.05, 0) is 37.1 Å². The molecule has 1 aromatic heterocycles. The van der Waals surface area contributed by atoms with E-state index in [2.05, 4.69) is 17.0 Å². The Morgan fingerprint density at radius 1 is 1.19 bits per heavy atom. The average Bonchev–Trinajstić information content (AvgIpc) is 2.90. The van der Waals surface area contributed by atoms with Crippen LogP contribution in [0.1, 0.15) is 11.1 Å². The Morgan fingerprint density at radius 2 is 1.93 bits per heavy atom. The summed E-state index contributed by atoms with van der Waals surface area (Å²) < 4.78 is 1.35. The van der Waals surface area contributed by atoms with Crippen LogP contribution in [0.3, 0.4) is 0 Å². The smallest absolute Gasteiger partial charge is 0.280 e. The molecule has 0 saturated carbocycles. The predicted octanol–water partition coefficient (Wildman–Crippen LogP) is 1.02. The van der Waals surface area contributed by atoms with Crippen LogP contribution in [0.4, 0.5) is 11.4 Å². The van der Waals surface area contributed by atoms with Gasteiger partial charge in [0.15, 0.2) is 0 Å². The van der Waals surface area contributed by atoms with Crippen LogP contribution in [0.25, 0.3) is 18.5 Å². The zero-order chi connectivity index (χ0) is 19.7. The highest BCUT2D eigenvalue weighted by Crippen LogP contribution is 2.25. The number of rotatable bonds is 4. The van der Waals surface area contributed by atoms with Crippen LogP contribution >= 0.6 is 0 Å². The maximum Gasteiger partial charge on any atom is 0.280 e. The summed E-state index contributed by atoms with van der Waals surface area (Å²) in [6.45, 7) is 7.74. The summed E-state index contributed by atoms with van der Waals surface area (Å²) in [5.41, 5.74) is 2.23. The number of H-pyrrole nitrogens is 1. The molecule has 0 aliphatic rings. The molecule has 2 aromatic carbocycles. The first-order chi connectivity index (χ1) is 12.8. The van der Waals surface area contributed by atoms with E-state index in [4.69, 9.17) is 0 Å². The fourth-order valence-corrected chi connectivity index (χ4v) is 2.59. The lowest BCUT2D eigenvalue weighted by molar-refractivity contribution is -0.385. The number of anilines is 1. The molecular formula is C19H17N4O4-. The first-order valence-corrected chi connectivity index (χ1v) is 8.07. The Morgan fingerprint density at radius 3 is 2.59 bits per heavy atom. The number of aryl methyl sites for hydroxylation is 2. The van der Waals surface area contributed by atoms with Gasteiger partial charge in [-0.1, -0.05) is 24.5 Å². The van der Waals surface area contributed by atoms with Crippen molar-refractivity contribution in [3.63, 3.8) is 0 Å². The molecule has 0 radical (unpaired) electrons. The third kappa shape index (κ3) is 3.45. The molecule has 138 valence electrons. The maximum atomic E-state index is 12.7. The molecule has 0 spiro atoms. The molecule has 0 aliphatic heterocycles. The lowest BCUT2D eigenvalue weighted by atomic mass is 10.1. The van der Waals surface area contributed by atoms with Crippen molar-refractivity contribution in [1.82, 2.24) is 9.78 Å². The normalized spacial score (nSPS) is 11.6. The summed E-state index contributed by atoms with van der Waals surface area (Å²) in [5, 5.41) is 28.9. The van der Waals surface area contributed by atoms with Crippen molar-refractivity contribution in [3.8, 4) is 11.4 Å². The lowest BCUT2D eigenvalue weighted by Gasteiger charge is -2.11. The zero-order valence-corrected chi connectivity index (χ0v) is 14.8.